The lowest BCUT2D eigenvalue weighted by Gasteiger charge is -2.08. The fraction of sp³-hybridized carbons (Fsp3) is 0.200. The third-order valence-electron chi connectivity index (χ3n) is 3.17. The van der Waals surface area contributed by atoms with Crippen LogP contribution in [0.5, 0.6) is 0 Å². The highest BCUT2D eigenvalue weighted by molar-refractivity contribution is 5.74. The summed E-state index contributed by atoms with van der Waals surface area (Å²) in [7, 11) is 0. The SMILES string of the molecule is CCn1c(CNc2ccccc2)nc2cnccc21. The van der Waals surface area contributed by atoms with Gasteiger partial charge in [0.2, 0.25) is 0 Å². The Kier molecular flexibility index (Phi) is 3.14. The molecule has 0 amide bonds. The highest BCUT2D eigenvalue weighted by atomic mass is 15.1. The summed E-state index contributed by atoms with van der Waals surface area (Å²) < 4.78 is 2.22. The first-order chi connectivity index (χ1) is 9.38. The van der Waals surface area contributed by atoms with Crippen LogP contribution in [0.15, 0.2) is 48.8 Å². The van der Waals surface area contributed by atoms with Gasteiger partial charge in [-0.2, -0.15) is 0 Å². The molecule has 0 aliphatic heterocycles. The van der Waals surface area contributed by atoms with E-state index in [0.29, 0.717) is 6.54 Å². The molecular formula is C15H16N4. The van der Waals surface area contributed by atoms with Gasteiger partial charge in [0.05, 0.1) is 18.3 Å². The second-order valence-electron chi connectivity index (χ2n) is 4.36. The molecule has 0 unspecified atom stereocenters. The normalized spacial score (nSPS) is 10.8. The molecule has 0 spiro atoms. The van der Waals surface area contributed by atoms with Crippen LogP contribution < -0.4 is 5.32 Å². The van der Waals surface area contributed by atoms with Gasteiger partial charge >= 0.3 is 0 Å². The summed E-state index contributed by atoms with van der Waals surface area (Å²) in [6, 6.07) is 12.2. The summed E-state index contributed by atoms with van der Waals surface area (Å²) in [6.45, 7) is 3.76. The Morgan fingerprint density at radius 1 is 1.16 bits per heavy atom. The number of imidazole rings is 1. The average molecular weight is 252 g/mol. The minimum absolute atomic E-state index is 0.715. The van der Waals surface area contributed by atoms with Crippen LogP contribution >= 0.6 is 0 Å². The summed E-state index contributed by atoms with van der Waals surface area (Å²) in [5, 5.41) is 3.39. The number of hydrogen-bond donors (Lipinski definition) is 1. The Morgan fingerprint density at radius 3 is 2.79 bits per heavy atom. The van der Waals surface area contributed by atoms with Gasteiger partial charge in [0, 0.05) is 18.4 Å². The van der Waals surface area contributed by atoms with E-state index in [1.807, 2.05) is 36.7 Å². The van der Waals surface area contributed by atoms with E-state index in [2.05, 4.69) is 38.9 Å². The Bertz CT molecular complexity index is 673. The first kappa shape index (κ1) is 11.7. The molecule has 1 N–H and O–H groups in total. The van der Waals surface area contributed by atoms with E-state index >= 15 is 0 Å². The number of nitrogens with zero attached hydrogens (tertiary/aromatic N) is 3. The zero-order chi connectivity index (χ0) is 13.1. The minimum Gasteiger partial charge on any atom is -0.378 e. The largest absolute Gasteiger partial charge is 0.378 e. The second-order valence-corrected chi connectivity index (χ2v) is 4.36. The molecule has 3 rings (SSSR count). The van der Waals surface area contributed by atoms with Crippen molar-refractivity contribution in [1.82, 2.24) is 14.5 Å². The summed E-state index contributed by atoms with van der Waals surface area (Å²) in [4.78, 5) is 8.76. The number of anilines is 1. The molecule has 0 aliphatic carbocycles. The molecule has 3 aromatic rings. The molecule has 0 fully saturated rings. The molecular weight excluding hydrogens is 236 g/mol. The van der Waals surface area contributed by atoms with Gasteiger partial charge < -0.3 is 9.88 Å². The average Bonchev–Trinajstić information content (AvgIpc) is 2.83. The molecule has 0 saturated heterocycles. The Balaban J connectivity index is 1.88. The summed E-state index contributed by atoms with van der Waals surface area (Å²) in [6.07, 6.45) is 3.62. The molecule has 4 heteroatoms. The predicted molar refractivity (Wildman–Crippen MR) is 77.0 cm³/mol. The third-order valence-corrected chi connectivity index (χ3v) is 3.17. The number of fused-ring (bicyclic) bond motifs is 1. The van der Waals surface area contributed by atoms with Crippen LogP contribution in [0, 0.1) is 0 Å². The van der Waals surface area contributed by atoms with Crippen molar-refractivity contribution in [3.63, 3.8) is 0 Å². The van der Waals surface area contributed by atoms with Gasteiger partial charge in [0.1, 0.15) is 11.3 Å². The number of benzene rings is 1. The van der Waals surface area contributed by atoms with E-state index in [9.17, 15) is 0 Å². The Labute approximate surface area is 112 Å². The van der Waals surface area contributed by atoms with Gasteiger partial charge in [-0.1, -0.05) is 18.2 Å². The molecule has 19 heavy (non-hydrogen) atoms. The van der Waals surface area contributed by atoms with Gasteiger partial charge in [-0.3, -0.25) is 4.98 Å². The molecule has 96 valence electrons. The molecule has 0 atom stereocenters. The highest BCUT2D eigenvalue weighted by Crippen LogP contribution is 2.16. The summed E-state index contributed by atoms with van der Waals surface area (Å²) >= 11 is 0. The van der Waals surface area contributed by atoms with Crippen molar-refractivity contribution in [2.75, 3.05) is 5.32 Å². The van der Waals surface area contributed by atoms with Gasteiger partial charge in [0.25, 0.3) is 0 Å². The van der Waals surface area contributed by atoms with Crippen LogP contribution in [0.2, 0.25) is 0 Å². The van der Waals surface area contributed by atoms with Crippen LogP contribution in [0.25, 0.3) is 11.0 Å². The molecule has 2 heterocycles. The summed E-state index contributed by atoms with van der Waals surface area (Å²) in [5.74, 6) is 1.04. The predicted octanol–water partition coefficient (Wildman–Crippen LogP) is 3.06. The van der Waals surface area contributed by atoms with E-state index < -0.39 is 0 Å². The van der Waals surface area contributed by atoms with Crippen molar-refractivity contribution in [3.8, 4) is 0 Å². The van der Waals surface area contributed by atoms with E-state index in [0.717, 1.165) is 29.1 Å². The molecule has 1 aromatic carbocycles. The van der Waals surface area contributed by atoms with E-state index in [1.54, 1.807) is 0 Å². The molecule has 2 aromatic heterocycles. The number of aryl methyl sites for hydroxylation is 1. The van der Waals surface area contributed by atoms with Gasteiger partial charge in [-0.05, 0) is 25.1 Å². The number of aromatic nitrogens is 3. The van der Waals surface area contributed by atoms with Gasteiger partial charge in [-0.15, -0.1) is 0 Å². The zero-order valence-electron chi connectivity index (χ0n) is 10.9. The van der Waals surface area contributed by atoms with Crippen LogP contribution in [-0.2, 0) is 13.1 Å². The molecule has 0 radical (unpaired) electrons. The monoisotopic (exact) mass is 252 g/mol. The van der Waals surface area contributed by atoms with Gasteiger partial charge in [0.15, 0.2) is 0 Å². The third kappa shape index (κ3) is 2.29. The smallest absolute Gasteiger partial charge is 0.129 e. The summed E-state index contributed by atoms with van der Waals surface area (Å²) in [5.41, 5.74) is 3.20. The van der Waals surface area contributed by atoms with Crippen molar-refractivity contribution in [2.45, 2.75) is 20.0 Å². The number of nitrogens with one attached hydrogen (secondary N) is 1. The topological polar surface area (TPSA) is 42.7 Å². The van der Waals surface area contributed by atoms with E-state index in [4.69, 9.17) is 0 Å². The fourth-order valence-corrected chi connectivity index (χ4v) is 2.26. The maximum Gasteiger partial charge on any atom is 0.129 e. The first-order valence-electron chi connectivity index (χ1n) is 6.46. The van der Waals surface area contributed by atoms with Crippen molar-refractivity contribution >= 4 is 16.7 Å². The van der Waals surface area contributed by atoms with Crippen molar-refractivity contribution in [2.24, 2.45) is 0 Å². The Morgan fingerprint density at radius 2 is 2.00 bits per heavy atom. The molecule has 0 saturated carbocycles. The fourth-order valence-electron chi connectivity index (χ4n) is 2.26. The van der Waals surface area contributed by atoms with Crippen molar-refractivity contribution in [1.29, 1.82) is 0 Å². The van der Waals surface area contributed by atoms with Gasteiger partial charge in [-0.25, -0.2) is 4.98 Å². The standard InChI is InChI=1S/C15H16N4/c1-2-19-14-8-9-16-10-13(14)18-15(19)11-17-12-6-4-3-5-7-12/h3-10,17H,2,11H2,1H3. The number of hydrogen-bond acceptors (Lipinski definition) is 3. The van der Waals surface area contributed by atoms with E-state index in [-0.39, 0.29) is 0 Å². The van der Waals surface area contributed by atoms with E-state index in [1.165, 1.54) is 0 Å². The van der Waals surface area contributed by atoms with Crippen LogP contribution in [0.1, 0.15) is 12.7 Å². The maximum absolute atomic E-state index is 4.64. The molecule has 0 bridgehead atoms. The number of para-hydroxylation sites is 1. The second kappa shape index (κ2) is 5.10. The van der Waals surface area contributed by atoms with Crippen LogP contribution in [0.3, 0.4) is 0 Å². The lowest BCUT2D eigenvalue weighted by atomic mass is 10.3. The zero-order valence-corrected chi connectivity index (χ0v) is 10.9. The first-order valence-corrected chi connectivity index (χ1v) is 6.46. The lowest BCUT2D eigenvalue weighted by Crippen LogP contribution is -2.07. The Hall–Kier alpha value is -2.36. The lowest BCUT2D eigenvalue weighted by molar-refractivity contribution is 0.729. The highest BCUT2D eigenvalue weighted by Gasteiger charge is 2.08. The molecule has 4 nitrogen and oxygen atoms in total. The maximum atomic E-state index is 4.64. The van der Waals surface area contributed by atoms with Crippen LogP contribution in [0.4, 0.5) is 5.69 Å². The van der Waals surface area contributed by atoms with Crippen LogP contribution in [-0.4, -0.2) is 14.5 Å². The minimum atomic E-state index is 0.715. The molecule has 0 aliphatic rings. The number of rotatable bonds is 4. The van der Waals surface area contributed by atoms with Crippen molar-refractivity contribution in [3.05, 3.63) is 54.6 Å². The quantitative estimate of drug-likeness (QED) is 0.776. The van der Waals surface area contributed by atoms with Crippen molar-refractivity contribution < 1.29 is 0 Å². The number of pyridine rings is 1.